The number of rotatable bonds is 2. The van der Waals surface area contributed by atoms with E-state index in [-0.39, 0.29) is 48.3 Å². The zero-order valence-corrected chi connectivity index (χ0v) is 29.9. The number of phenolic OH excluding ortho intramolecular Hbond substituents is 2. The number of phenols is 2. The van der Waals surface area contributed by atoms with Gasteiger partial charge in [0, 0.05) is 12.1 Å². The summed E-state index contributed by atoms with van der Waals surface area (Å²) in [7, 11) is 2.88. The van der Waals surface area contributed by atoms with Crippen LogP contribution in [0.25, 0.3) is 12.2 Å². The topological polar surface area (TPSA) is 233 Å². The lowest BCUT2D eigenvalue weighted by molar-refractivity contribution is -0.0614. The van der Waals surface area contributed by atoms with Crippen LogP contribution < -0.4 is 9.47 Å². The van der Waals surface area contributed by atoms with Gasteiger partial charge in [0.2, 0.25) is 0 Å². The minimum Gasteiger partial charge on any atom is -0.507 e. The van der Waals surface area contributed by atoms with E-state index in [4.69, 9.17) is 18.9 Å². The second kappa shape index (κ2) is 20.2. The summed E-state index contributed by atoms with van der Waals surface area (Å²) in [6, 6.07) is 5.80. The largest absolute Gasteiger partial charge is 0.507 e. The van der Waals surface area contributed by atoms with E-state index in [1.54, 1.807) is 38.1 Å². The third-order valence-electron chi connectivity index (χ3n) is 8.89. The molecular weight excluding hydrogens is 680 g/mol. The number of ether oxygens (including phenoxy) is 4. The number of methoxy groups -OCH3 is 2. The van der Waals surface area contributed by atoms with Gasteiger partial charge in [-0.1, -0.05) is 24.3 Å². The smallest absolute Gasteiger partial charge is 0.342 e. The average Bonchev–Trinajstić information content (AvgIpc) is 3.09. The normalized spacial score (nSPS) is 29.2. The molecule has 0 fully saturated rings. The summed E-state index contributed by atoms with van der Waals surface area (Å²) in [6.45, 7) is 3.44. The molecule has 0 spiro atoms. The van der Waals surface area contributed by atoms with Crippen molar-refractivity contribution in [2.24, 2.45) is 0 Å². The summed E-state index contributed by atoms with van der Waals surface area (Å²) in [5.74, 6) is -1.10. The summed E-state index contributed by atoms with van der Waals surface area (Å²) < 4.78 is 21.0. The van der Waals surface area contributed by atoms with Crippen molar-refractivity contribution in [2.45, 2.75) is 114 Å². The predicted molar refractivity (Wildman–Crippen MR) is 190 cm³/mol. The molecular formula is C38H52O14. The van der Waals surface area contributed by atoms with Crippen LogP contribution >= 0.6 is 0 Å². The molecule has 0 aliphatic carbocycles. The first-order valence-corrected chi connectivity index (χ1v) is 17.3. The Bertz CT molecular complexity index is 1420. The van der Waals surface area contributed by atoms with Crippen molar-refractivity contribution in [1.29, 1.82) is 0 Å². The van der Waals surface area contributed by atoms with Gasteiger partial charge in [-0.05, 0) is 88.5 Å². The Labute approximate surface area is 303 Å². The number of cyclic esters (lactones) is 2. The Morgan fingerprint density at radius 3 is 1.29 bits per heavy atom. The highest BCUT2D eigenvalue weighted by molar-refractivity contribution is 5.97. The van der Waals surface area contributed by atoms with Crippen LogP contribution in [0.5, 0.6) is 23.0 Å². The average molecular weight is 733 g/mol. The number of carbonyl (C=O) groups is 2. The standard InChI is InChI=1S/2C19H26O7/c2*1-11-5-3-7-14(20)18(23)15(21)8-4-6-12-9-13(25-2)10-16(22)17(12)19(24)26-11/h2*4,6,9-11,14-15,18,20-23H,3,5,7-8H2,1-2H3/b2*6-4+/t2*11-,14-,15-,18-/m00/s1. The number of esters is 2. The highest BCUT2D eigenvalue weighted by Gasteiger charge is 2.27. The van der Waals surface area contributed by atoms with Gasteiger partial charge in [-0.3, -0.25) is 0 Å². The van der Waals surface area contributed by atoms with Crippen molar-refractivity contribution in [3.63, 3.8) is 0 Å². The Morgan fingerprint density at radius 2 is 0.942 bits per heavy atom. The highest BCUT2D eigenvalue weighted by atomic mass is 16.5. The van der Waals surface area contributed by atoms with E-state index in [9.17, 15) is 50.4 Å². The molecule has 14 nitrogen and oxygen atoms in total. The van der Waals surface area contributed by atoms with Crippen LogP contribution in [-0.4, -0.2) is 116 Å². The third kappa shape index (κ3) is 11.9. The first-order chi connectivity index (χ1) is 24.7. The summed E-state index contributed by atoms with van der Waals surface area (Å²) >= 11 is 0. The first kappa shape index (κ1) is 42.2. The van der Waals surface area contributed by atoms with Crippen molar-refractivity contribution < 1.29 is 69.4 Å². The van der Waals surface area contributed by atoms with Gasteiger partial charge in [-0.25, -0.2) is 9.59 Å². The number of benzene rings is 2. The summed E-state index contributed by atoms with van der Waals surface area (Å²) in [6.07, 6.45) is 1.08. The van der Waals surface area contributed by atoms with Crippen LogP contribution in [0.15, 0.2) is 36.4 Å². The number of carbonyl (C=O) groups excluding carboxylic acids is 2. The van der Waals surface area contributed by atoms with E-state index < -0.39 is 60.8 Å². The number of hydrogen-bond donors (Lipinski definition) is 8. The second-order valence-electron chi connectivity index (χ2n) is 13.0. The zero-order valence-electron chi connectivity index (χ0n) is 29.9. The van der Waals surface area contributed by atoms with E-state index in [2.05, 4.69) is 0 Å². The Hall–Kier alpha value is -4.18. The van der Waals surface area contributed by atoms with Crippen molar-refractivity contribution in [1.82, 2.24) is 0 Å². The van der Waals surface area contributed by atoms with E-state index in [0.29, 0.717) is 48.3 Å². The van der Waals surface area contributed by atoms with Crippen LogP contribution in [-0.2, 0) is 9.47 Å². The maximum absolute atomic E-state index is 12.5. The lowest BCUT2D eigenvalue weighted by atomic mass is 9.98. The molecule has 8 atom stereocenters. The molecule has 0 saturated heterocycles. The fraction of sp³-hybridized carbons (Fsp3) is 0.526. The minimum absolute atomic E-state index is 0.0148. The fourth-order valence-corrected chi connectivity index (χ4v) is 5.82. The Balaban J connectivity index is 0.000000280. The molecule has 4 rings (SSSR count). The number of aromatic hydroxyl groups is 2. The van der Waals surface area contributed by atoms with Gasteiger partial charge in [-0.15, -0.1) is 0 Å². The molecule has 0 radical (unpaired) electrons. The van der Waals surface area contributed by atoms with Crippen LogP contribution in [0.3, 0.4) is 0 Å². The van der Waals surface area contributed by atoms with Crippen molar-refractivity contribution in [3.05, 3.63) is 58.7 Å². The molecule has 0 bridgehead atoms. The van der Waals surface area contributed by atoms with E-state index in [1.807, 2.05) is 0 Å². The molecule has 0 unspecified atom stereocenters. The summed E-state index contributed by atoms with van der Waals surface area (Å²) in [4.78, 5) is 25.0. The molecule has 0 aromatic heterocycles. The molecule has 14 heteroatoms. The SMILES string of the molecule is COc1cc(O)c2c(c1)/C=C/C[C@H](O)[C@@H](O)[C@@H](O)CCC[C@H](C)OC2=O.COc1cc(O)c2c(c1)/C=C/C[C@H](O)[C@@H](O)[C@@H](O)CCC[C@H](C)OC2=O. The number of fused-ring (bicyclic) bond motifs is 2. The molecule has 2 aromatic carbocycles. The number of aliphatic hydroxyl groups is 6. The monoisotopic (exact) mass is 732 g/mol. The van der Waals surface area contributed by atoms with Crippen LogP contribution in [0, 0.1) is 0 Å². The lowest BCUT2D eigenvalue weighted by Gasteiger charge is -2.23. The second-order valence-corrected chi connectivity index (χ2v) is 13.0. The molecule has 0 saturated carbocycles. The van der Waals surface area contributed by atoms with Crippen LogP contribution in [0.4, 0.5) is 0 Å². The Morgan fingerprint density at radius 1 is 0.577 bits per heavy atom. The van der Waals surface area contributed by atoms with Crippen molar-refractivity contribution in [3.8, 4) is 23.0 Å². The maximum Gasteiger partial charge on any atom is 0.342 e. The van der Waals surface area contributed by atoms with Crippen LogP contribution in [0.2, 0.25) is 0 Å². The van der Waals surface area contributed by atoms with Gasteiger partial charge in [0.25, 0.3) is 0 Å². The summed E-state index contributed by atoms with van der Waals surface area (Å²) in [5, 5.41) is 80.5. The predicted octanol–water partition coefficient (Wildman–Crippen LogP) is 3.23. The maximum atomic E-state index is 12.5. The molecule has 288 valence electrons. The van der Waals surface area contributed by atoms with Gasteiger partial charge < -0.3 is 59.8 Å². The van der Waals surface area contributed by atoms with Gasteiger partial charge in [0.05, 0.1) is 50.8 Å². The molecule has 2 heterocycles. The van der Waals surface area contributed by atoms with Gasteiger partial charge in [0.15, 0.2) is 0 Å². The molecule has 52 heavy (non-hydrogen) atoms. The summed E-state index contributed by atoms with van der Waals surface area (Å²) in [5.41, 5.74) is 0.777. The lowest BCUT2D eigenvalue weighted by Crippen LogP contribution is -2.37. The van der Waals surface area contributed by atoms with Crippen LogP contribution in [0.1, 0.15) is 97.1 Å². The first-order valence-electron chi connectivity index (χ1n) is 17.3. The Kier molecular flexibility index (Phi) is 16.4. The molecule has 8 N–H and O–H groups in total. The molecule has 0 amide bonds. The quantitative estimate of drug-likeness (QED) is 0.207. The van der Waals surface area contributed by atoms with E-state index in [0.717, 1.165) is 0 Å². The van der Waals surface area contributed by atoms with Crippen molar-refractivity contribution in [2.75, 3.05) is 14.2 Å². The van der Waals surface area contributed by atoms with Crippen molar-refractivity contribution >= 4 is 24.1 Å². The molecule has 2 aliphatic heterocycles. The van der Waals surface area contributed by atoms with E-state index >= 15 is 0 Å². The minimum atomic E-state index is -1.27. The van der Waals surface area contributed by atoms with Gasteiger partial charge in [-0.2, -0.15) is 0 Å². The third-order valence-corrected chi connectivity index (χ3v) is 8.89. The van der Waals surface area contributed by atoms with E-state index in [1.165, 1.54) is 38.5 Å². The van der Waals surface area contributed by atoms with Gasteiger partial charge in [0.1, 0.15) is 46.3 Å². The van der Waals surface area contributed by atoms with Gasteiger partial charge >= 0.3 is 11.9 Å². The number of aliphatic hydroxyl groups excluding tert-OH is 6. The number of hydrogen-bond acceptors (Lipinski definition) is 14. The fourth-order valence-electron chi connectivity index (χ4n) is 5.82. The molecule has 2 aliphatic rings. The zero-order chi connectivity index (χ0) is 38.5. The molecule has 2 aromatic rings. The highest BCUT2D eigenvalue weighted by Crippen LogP contribution is 2.32.